The van der Waals surface area contributed by atoms with E-state index in [1.807, 2.05) is 19.3 Å². The number of hydrogen-bond acceptors (Lipinski definition) is 4. The Balaban J connectivity index is 0.00000137. The molecule has 0 aliphatic carbocycles. The van der Waals surface area contributed by atoms with E-state index in [-0.39, 0.29) is 11.9 Å². The first-order valence-corrected chi connectivity index (χ1v) is 5.50. The number of rotatable bonds is 6. The van der Waals surface area contributed by atoms with Gasteiger partial charge in [-0.05, 0) is 31.5 Å². The predicted octanol–water partition coefficient (Wildman–Crippen LogP) is 0.793. The number of nitrogens with two attached hydrogens (primary N) is 1. The van der Waals surface area contributed by atoms with Gasteiger partial charge in [-0.15, -0.1) is 12.8 Å². The van der Waals surface area contributed by atoms with Gasteiger partial charge in [0.05, 0.1) is 17.9 Å². The van der Waals surface area contributed by atoms with Gasteiger partial charge in [-0.3, -0.25) is 4.98 Å². The summed E-state index contributed by atoms with van der Waals surface area (Å²) in [5.74, 6) is -0.330. The molecule has 4 N–H and O–H groups in total. The van der Waals surface area contributed by atoms with Crippen molar-refractivity contribution in [3.63, 3.8) is 0 Å². The molecule has 1 unspecified atom stereocenters. The normalized spacial score (nSPS) is 11.6. The van der Waals surface area contributed by atoms with E-state index in [0.717, 1.165) is 12.2 Å². The fourth-order valence-electron chi connectivity index (χ4n) is 1.24. The monoisotopic (exact) mass is 250 g/mol. The molecule has 1 rings (SSSR count). The predicted molar refractivity (Wildman–Crippen MR) is 72.1 cm³/mol. The largest absolute Gasteiger partial charge is 0.390 e. The van der Waals surface area contributed by atoms with Crippen molar-refractivity contribution in [3.8, 4) is 12.8 Å². The molecule has 0 amide bonds. The summed E-state index contributed by atoms with van der Waals surface area (Å²) in [6.45, 7) is 1.31. The highest BCUT2D eigenvalue weighted by Crippen LogP contribution is 2.10. The Hall–Kier alpha value is -1.90. The number of nitrogens with zero attached hydrogens (tertiary/aromatic N) is 1. The number of halogens is 1. The molecule has 1 heterocycles. The molecule has 5 heteroatoms. The van der Waals surface area contributed by atoms with E-state index in [9.17, 15) is 4.39 Å². The zero-order valence-corrected chi connectivity index (χ0v) is 10.4. The van der Waals surface area contributed by atoms with Gasteiger partial charge in [0.1, 0.15) is 5.82 Å². The van der Waals surface area contributed by atoms with Gasteiger partial charge in [0, 0.05) is 13.1 Å². The highest BCUT2D eigenvalue weighted by molar-refractivity contribution is 5.15. The molecule has 18 heavy (non-hydrogen) atoms. The van der Waals surface area contributed by atoms with Gasteiger partial charge in [-0.2, -0.15) is 0 Å². The molecular formula is C13H19FN4. The molecule has 0 bridgehead atoms. The van der Waals surface area contributed by atoms with Gasteiger partial charge in [-0.25, -0.2) is 4.39 Å². The third-order valence-corrected chi connectivity index (χ3v) is 2.08. The number of likely N-dealkylation sites (N-methyl/N-ethyl adjacent to an activating group) is 1. The lowest BCUT2D eigenvalue weighted by Gasteiger charge is -2.10. The van der Waals surface area contributed by atoms with E-state index in [1.54, 1.807) is 6.07 Å². The quantitative estimate of drug-likeness (QED) is 0.516. The first-order chi connectivity index (χ1) is 8.77. The topological polar surface area (TPSA) is 63.0 Å². The van der Waals surface area contributed by atoms with Crippen molar-refractivity contribution in [2.45, 2.75) is 6.04 Å². The standard InChI is InChI=1S/C11H17FN4.C2H2/c1-14-10(4-6-15-7-5-13)11-3-2-9(12)8-16-11;1-2/h2-4,6,8,10,14-15H,5,7,13H2,1H3;1-2H/b6-4-;. The lowest BCUT2D eigenvalue weighted by molar-refractivity contribution is 0.612. The van der Waals surface area contributed by atoms with Gasteiger partial charge in [0.2, 0.25) is 0 Å². The van der Waals surface area contributed by atoms with Crippen LogP contribution in [0.4, 0.5) is 4.39 Å². The maximum Gasteiger partial charge on any atom is 0.141 e. The summed E-state index contributed by atoms with van der Waals surface area (Å²) in [4.78, 5) is 4.01. The van der Waals surface area contributed by atoms with Crippen molar-refractivity contribution >= 4 is 0 Å². The van der Waals surface area contributed by atoms with E-state index in [0.29, 0.717) is 6.54 Å². The van der Waals surface area contributed by atoms with Crippen LogP contribution in [0.1, 0.15) is 11.7 Å². The molecule has 1 aromatic heterocycles. The van der Waals surface area contributed by atoms with Gasteiger partial charge in [0.15, 0.2) is 0 Å². The molecule has 4 nitrogen and oxygen atoms in total. The van der Waals surface area contributed by atoms with Gasteiger partial charge in [-0.1, -0.05) is 0 Å². The van der Waals surface area contributed by atoms with Crippen LogP contribution in [0.3, 0.4) is 0 Å². The Morgan fingerprint density at radius 3 is 2.72 bits per heavy atom. The maximum atomic E-state index is 12.7. The molecule has 0 saturated carbocycles. The highest BCUT2D eigenvalue weighted by atomic mass is 19.1. The molecule has 0 aromatic carbocycles. The summed E-state index contributed by atoms with van der Waals surface area (Å²) in [6.07, 6.45) is 12.9. The third-order valence-electron chi connectivity index (χ3n) is 2.08. The van der Waals surface area contributed by atoms with Crippen LogP contribution in [0.15, 0.2) is 30.6 Å². The molecule has 0 fully saturated rings. The molecule has 0 spiro atoms. The first kappa shape index (κ1) is 16.1. The zero-order valence-electron chi connectivity index (χ0n) is 10.4. The van der Waals surface area contributed by atoms with Crippen LogP contribution in [0, 0.1) is 18.7 Å². The molecule has 0 saturated heterocycles. The molecule has 1 aromatic rings. The Morgan fingerprint density at radius 1 is 1.50 bits per heavy atom. The second-order valence-electron chi connectivity index (χ2n) is 3.27. The average Bonchev–Trinajstić information content (AvgIpc) is 2.43. The molecule has 0 aliphatic rings. The summed E-state index contributed by atoms with van der Waals surface area (Å²) < 4.78 is 12.7. The maximum absolute atomic E-state index is 12.7. The lowest BCUT2D eigenvalue weighted by Crippen LogP contribution is -2.19. The molecular weight excluding hydrogens is 231 g/mol. The average molecular weight is 250 g/mol. The van der Waals surface area contributed by atoms with Crippen molar-refractivity contribution in [2.75, 3.05) is 20.1 Å². The minimum atomic E-state index is -0.330. The number of nitrogens with one attached hydrogen (secondary N) is 2. The number of aromatic nitrogens is 1. The molecule has 0 aliphatic heterocycles. The summed E-state index contributed by atoms with van der Waals surface area (Å²) >= 11 is 0. The Morgan fingerprint density at radius 2 is 2.22 bits per heavy atom. The second-order valence-corrected chi connectivity index (χ2v) is 3.27. The van der Waals surface area contributed by atoms with Crippen LogP contribution in [-0.2, 0) is 0 Å². The van der Waals surface area contributed by atoms with Crippen LogP contribution < -0.4 is 16.4 Å². The fourth-order valence-corrected chi connectivity index (χ4v) is 1.24. The highest BCUT2D eigenvalue weighted by Gasteiger charge is 2.05. The van der Waals surface area contributed by atoms with E-state index in [2.05, 4.69) is 28.5 Å². The summed E-state index contributed by atoms with van der Waals surface area (Å²) in [5, 5.41) is 6.11. The Labute approximate surface area is 107 Å². The van der Waals surface area contributed by atoms with Crippen LogP contribution in [0.25, 0.3) is 0 Å². The van der Waals surface area contributed by atoms with Gasteiger partial charge in [0.25, 0.3) is 0 Å². The molecule has 98 valence electrons. The van der Waals surface area contributed by atoms with Crippen LogP contribution in [0.2, 0.25) is 0 Å². The summed E-state index contributed by atoms with van der Waals surface area (Å²) in [6, 6.07) is 3.02. The molecule has 1 atom stereocenters. The summed E-state index contributed by atoms with van der Waals surface area (Å²) in [7, 11) is 1.82. The van der Waals surface area contributed by atoms with Crippen molar-refractivity contribution < 1.29 is 4.39 Å². The second kappa shape index (κ2) is 10.3. The smallest absolute Gasteiger partial charge is 0.141 e. The third kappa shape index (κ3) is 5.99. The van der Waals surface area contributed by atoms with E-state index in [4.69, 9.17) is 5.73 Å². The number of pyridine rings is 1. The van der Waals surface area contributed by atoms with Crippen molar-refractivity contribution in [1.29, 1.82) is 0 Å². The lowest BCUT2D eigenvalue weighted by atomic mass is 10.2. The van der Waals surface area contributed by atoms with Crippen molar-refractivity contribution in [2.24, 2.45) is 5.73 Å². The van der Waals surface area contributed by atoms with Crippen LogP contribution in [-0.4, -0.2) is 25.1 Å². The van der Waals surface area contributed by atoms with Crippen LogP contribution >= 0.6 is 0 Å². The fraction of sp³-hybridized carbons (Fsp3) is 0.308. The number of hydrogen-bond donors (Lipinski definition) is 3. The molecule has 0 radical (unpaired) electrons. The zero-order chi connectivity index (χ0) is 13.8. The van der Waals surface area contributed by atoms with Crippen molar-refractivity contribution in [1.82, 2.24) is 15.6 Å². The first-order valence-electron chi connectivity index (χ1n) is 5.50. The van der Waals surface area contributed by atoms with E-state index < -0.39 is 0 Å². The SMILES string of the molecule is C#C.CNC(/C=C\NCCN)c1ccc(F)cn1. The minimum Gasteiger partial charge on any atom is -0.390 e. The summed E-state index contributed by atoms with van der Waals surface area (Å²) in [5.41, 5.74) is 6.11. The number of terminal acetylenes is 1. The van der Waals surface area contributed by atoms with Crippen LogP contribution in [0.5, 0.6) is 0 Å². The van der Waals surface area contributed by atoms with Gasteiger partial charge < -0.3 is 16.4 Å². The van der Waals surface area contributed by atoms with Crippen molar-refractivity contribution in [3.05, 3.63) is 42.1 Å². The Kier molecular flexibility index (Phi) is 9.18. The minimum absolute atomic E-state index is 0.0362. The van der Waals surface area contributed by atoms with Gasteiger partial charge >= 0.3 is 0 Å². The van der Waals surface area contributed by atoms with E-state index >= 15 is 0 Å². The Bertz CT molecular complexity index is 359. The van der Waals surface area contributed by atoms with E-state index in [1.165, 1.54) is 12.3 Å².